The lowest BCUT2D eigenvalue weighted by molar-refractivity contribution is 0.920. The fraction of sp³-hybridized carbons (Fsp3) is 0.333. The normalized spacial score (nSPS) is 9.25. The molecule has 16 heteroatoms. The minimum absolute atomic E-state index is 0.775. The molecule has 0 saturated heterocycles. The average Bonchev–Trinajstić information content (AvgIpc) is 3.25. The Labute approximate surface area is 379 Å². The van der Waals surface area contributed by atoms with Crippen LogP contribution in [-0.2, 0) is 0 Å². The molecule has 0 aliphatic carbocycles. The van der Waals surface area contributed by atoms with Gasteiger partial charge in [-0.25, -0.2) is 44.9 Å². The van der Waals surface area contributed by atoms with Crippen LogP contribution >= 0.6 is 0 Å². The second kappa shape index (κ2) is 31.5. The van der Waals surface area contributed by atoms with Gasteiger partial charge in [0.1, 0.15) is 35.4 Å². The molecule has 0 spiro atoms. The van der Waals surface area contributed by atoms with Crippen LogP contribution < -0.4 is 0 Å². The zero-order valence-corrected chi connectivity index (χ0v) is 40.4. The first-order chi connectivity index (χ1) is 30.3. The van der Waals surface area contributed by atoms with E-state index < -0.39 is 0 Å². The van der Waals surface area contributed by atoms with Crippen molar-refractivity contribution in [2.24, 2.45) is 0 Å². The largest absolute Gasteiger partial charge is 0.261 e. The maximum Gasteiger partial charge on any atom is 0.129 e. The van der Waals surface area contributed by atoms with Gasteiger partial charge in [0.15, 0.2) is 0 Å². The second-order valence-electron chi connectivity index (χ2n) is 14.3. The molecule has 0 fully saturated rings. The Kier molecular flexibility index (Phi) is 26.9. The smallest absolute Gasteiger partial charge is 0.129 e. The summed E-state index contributed by atoms with van der Waals surface area (Å²) >= 11 is 0. The van der Waals surface area contributed by atoms with E-state index in [1.807, 2.05) is 154 Å². The van der Waals surface area contributed by atoms with E-state index in [9.17, 15) is 0 Å². The first-order valence-corrected chi connectivity index (χ1v) is 20.3. The van der Waals surface area contributed by atoms with E-state index in [0.717, 1.165) is 85.8 Å². The molecule has 0 aromatic carbocycles. The lowest BCUT2D eigenvalue weighted by atomic mass is 10.3. The second-order valence-corrected chi connectivity index (χ2v) is 14.3. The number of hydrogen-bond donors (Lipinski definition) is 0. The van der Waals surface area contributed by atoms with Crippen molar-refractivity contribution < 1.29 is 0 Å². The summed E-state index contributed by atoms with van der Waals surface area (Å²) in [5.41, 5.74) is 11.4. The molecule has 0 radical (unpaired) electrons. The first kappa shape index (κ1) is 54.7. The van der Waals surface area contributed by atoms with Crippen molar-refractivity contribution >= 4 is 0 Å². The first-order valence-electron chi connectivity index (χ1n) is 20.3. The molecule has 8 rings (SSSR count). The van der Waals surface area contributed by atoms with E-state index in [4.69, 9.17) is 0 Å². The standard InChI is InChI=1S/C7H9N.6C6H8N2.C5H7N3/c1-6-3-4-7(2)8-5-6;2*1-5-3-8-6(2)4-7-5;1-5-3-7-4-6(2)8-5;2*1-5-3-7-6(2)8-4-5;1-5-3-4-7-6(2)8-5;1-4-6-3-7-5(2)8-4/h3-5H,1-2H3;6*3-4H,1-2H3;3H,1-2H3. The van der Waals surface area contributed by atoms with E-state index in [1.165, 1.54) is 11.9 Å². The van der Waals surface area contributed by atoms with Crippen LogP contribution in [0.15, 0.2) is 98.9 Å². The molecule has 336 valence electrons. The van der Waals surface area contributed by atoms with Crippen molar-refractivity contribution in [3.05, 3.63) is 190 Å². The summed E-state index contributed by atoms with van der Waals surface area (Å²) in [6.45, 7) is 30.8. The Morgan fingerprint density at radius 2 is 0.609 bits per heavy atom. The summed E-state index contributed by atoms with van der Waals surface area (Å²) in [4.78, 5) is 63.6. The lowest BCUT2D eigenvalue weighted by Crippen LogP contribution is -1.91. The van der Waals surface area contributed by atoms with Crippen molar-refractivity contribution in [1.82, 2.24) is 79.7 Å². The van der Waals surface area contributed by atoms with Crippen molar-refractivity contribution in [3.63, 3.8) is 0 Å². The average molecular weight is 865 g/mol. The lowest BCUT2D eigenvalue weighted by Gasteiger charge is -1.89. The number of nitrogens with zero attached hydrogens (tertiary/aromatic N) is 16. The molecule has 0 bridgehead atoms. The summed E-state index contributed by atoms with van der Waals surface area (Å²) in [6, 6.07) is 5.95. The molecule has 0 aliphatic heterocycles. The van der Waals surface area contributed by atoms with Crippen LogP contribution in [0.1, 0.15) is 91.4 Å². The molecule has 8 aromatic rings. The number of aromatic nitrogens is 16. The van der Waals surface area contributed by atoms with Gasteiger partial charge in [0.2, 0.25) is 0 Å². The van der Waals surface area contributed by atoms with Crippen LogP contribution in [0.2, 0.25) is 0 Å². The molecule has 0 unspecified atom stereocenters. The van der Waals surface area contributed by atoms with Crippen molar-refractivity contribution in [2.75, 3.05) is 0 Å². The van der Waals surface area contributed by atoms with E-state index in [0.29, 0.717) is 0 Å². The van der Waals surface area contributed by atoms with Crippen molar-refractivity contribution in [2.45, 2.75) is 111 Å². The fourth-order valence-corrected chi connectivity index (χ4v) is 4.02. The Morgan fingerprint density at radius 1 is 0.234 bits per heavy atom. The van der Waals surface area contributed by atoms with Crippen LogP contribution in [0.4, 0.5) is 0 Å². The molecule has 0 aliphatic rings. The van der Waals surface area contributed by atoms with Crippen LogP contribution in [0.5, 0.6) is 0 Å². The molecule has 0 atom stereocenters. The fourth-order valence-electron chi connectivity index (χ4n) is 4.02. The number of rotatable bonds is 0. The predicted molar refractivity (Wildman–Crippen MR) is 252 cm³/mol. The van der Waals surface area contributed by atoms with Crippen LogP contribution in [0, 0.1) is 111 Å². The third-order valence-electron chi connectivity index (χ3n) is 7.30. The molecular formula is C48H64N16. The number of hydrogen-bond acceptors (Lipinski definition) is 16. The maximum absolute atomic E-state index is 4.11. The van der Waals surface area contributed by atoms with Gasteiger partial charge in [0, 0.05) is 85.7 Å². The highest BCUT2D eigenvalue weighted by Gasteiger charge is 1.88. The molecular weight excluding hydrogens is 801 g/mol. The quantitative estimate of drug-likeness (QED) is 0.140. The minimum atomic E-state index is 0.775. The zero-order valence-electron chi connectivity index (χ0n) is 40.4. The molecule has 16 nitrogen and oxygen atoms in total. The van der Waals surface area contributed by atoms with Crippen molar-refractivity contribution in [3.8, 4) is 0 Å². The summed E-state index contributed by atoms with van der Waals surface area (Å²) in [5.74, 6) is 4.05. The third-order valence-corrected chi connectivity index (χ3v) is 7.30. The minimum Gasteiger partial charge on any atom is -0.261 e. The summed E-state index contributed by atoms with van der Waals surface area (Å²) in [6.07, 6.45) is 22.9. The molecule has 0 N–H and O–H groups in total. The maximum atomic E-state index is 4.11. The molecule has 8 aromatic heterocycles. The van der Waals surface area contributed by atoms with Crippen LogP contribution in [0.3, 0.4) is 0 Å². The van der Waals surface area contributed by atoms with Gasteiger partial charge in [0.05, 0.1) is 34.2 Å². The van der Waals surface area contributed by atoms with Gasteiger partial charge in [-0.05, 0) is 140 Å². The number of aryl methyl sites for hydroxylation is 16. The van der Waals surface area contributed by atoms with Crippen LogP contribution in [-0.4, -0.2) is 79.7 Å². The number of pyridine rings is 1. The monoisotopic (exact) mass is 865 g/mol. The third kappa shape index (κ3) is 29.8. The van der Waals surface area contributed by atoms with Gasteiger partial charge >= 0.3 is 0 Å². The summed E-state index contributed by atoms with van der Waals surface area (Å²) < 4.78 is 0. The van der Waals surface area contributed by atoms with E-state index in [-0.39, 0.29) is 0 Å². The van der Waals surface area contributed by atoms with Crippen LogP contribution in [0.25, 0.3) is 0 Å². The molecule has 64 heavy (non-hydrogen) atoms. The Bertz CT molecular complexity index is 1910. The zero-order chi connectivity index (χ0) is 47.9. The Balaban J connectivity index is 0.000000366. The highest BCUT2D eigenvalue weighted by atomic mass is 15.0. The van der Waals surface area contributed by atoms with E-state index in [1.54, 1.807) is 43.4 Å². The summed E-state index contributed by atoms with van der Waals surface area (Å²) in [5, 5.41) is 0. The van der Waals surface area contributed by atoms with E-state index in [2.05, 4.69) is 85.8 Å². The topological polar surface area (TPSA) is 206 Å². The highest BCUT2D eigenvalue weighted by molar-refractivity contribution is 5.10. The van der Waals surface area contributed by atoms with Crippen molar-refractivity contribution in [1.29, 1.82) is 0 Å². The molecule has 8 heterocycles. The van der Waals surface area contributed by atoms with Gasteiger partial charge in [-0.3, -0.25) is 34.9 Å². The SMILES string of the molecule is Cc1ccc(C)nc1.Cc1ccnc(C)n1.Cc1cnc(C)cn1.Cc1cnc(C)cn1.Cc1cnc(C)nc1.Cc1cnc(C)nc1.Cc1cncc(C)n1.Cc1ncnc(C)n1. The molecule has 0 amide bonds. The Hall–Kier alpha value is -7.36. The van der Waals surface area contributed by atoms with Gasteiger partial charge in [0.25, 0.3) is 0 Å². The highest BCUT2D eigenvalue weighted by Crippen LogP contribution is 1.96. The van der Waals surface area contributed by atoms with Gasteiger partial charge in [-0.15, -0.1) is 0 Å². The van der Waals surface area contributed by atoms with Gasteiger partial charge in [-0.1, -0.05) is 6.07 Å². The molecule has 0 saturated carbocycles. The summed E-state index contributed by atoms with van der Waals surface area (Å²) in [7, 11) is 0. The van der Waals surface area contributed by atoms with Gasteiger partial charge in [-0.2, -0.15) is 0 Å². The van der Waals surface area contributed by atoms with Gasteiger partial charge < -0.3 is 0 Å². The predicted octanol–water partition coefficient (Wildman–Crippen LogP) is 8.75. The Morgan fingerprint density at radius 3 is 0.844 bits per heavy atom. The van der Waals surface area contributed by atoms with E-state index >= 15 is 0 Å².